The largest absolute Gasteiger partial charge is 0.475 e. The van der Waals surface area contributed by atoms with E-state index in [2.05, 4.69) is 43.6 Å². The third-order valence-corrected chi connectivity index (χ3v) is 5.52. The van der Waals surface area contributed by atoms with E-state index in [-0.39, 0.29) is 48.7 Å². The molecule has 0 saturated heterocycles. The van der Waals surface area contributed by atoms with Gasteiger partial charge in [0.2, 0.25) is 11.6 Å². The molecule has 1 amide bonds. The number of nitrogens with one attached hydrogen (secondary N) is 1. The van der Waals surface area contributed by atoms with Gasteiger partial charge in [0.1, 0.15) is 0 Å². The number of anilines is 2. The van der Waals surface area contributed by atoms with E-state index in [0.717, 1.165) is 38.9 Å². The fourth-order valence-electron chi connectivity index (χ4n) is 3.62. The molecule has 11 nitrogen and oxygen atoms in total. The second kappa shape index (κ2) is 16.7. The number of para-hydroxylation sites is 2. The van der Waals surface area contributed by atoms with Gasteiger partial charge in [0.15, 0.2) is 0 Å². The van der Waals surface area contributed by atoms with E-state index >= 15 is 0 Å². The van der Waals surface area contributed by atoms with Gasteiger partial charge < -0.3 is 16.2 Å². The molecule has 13 heteroatoms. The van der Waals surface area contributed by atoms with Crippen molar-refractivity contribution in [2.45, 2.75) is 13.8 Å². The third-order valence-electron chi connectivity index (χ3n) is 5.52. The molecule has 212 valence electrons. The van der Waals surface area contributed by atoms with Gasteiger partial charge in [0, 0.05) is 86.4 Å². The van der Waals surface area contributed by atoms with Crippen LogP contribution in [0.25, 0.3) is 21.8 Å². The standard InChI is InChI=1S/C15H12N4O.C10H10N2.C5H4N2O2.BH.U/c1-10-6-7-11-4-2-5-12(13(11)18-10)19-15(20)14-16-8-3-9-17-14;1-7-5-6-8-3-2-4-9(11)10(8)12-7;8-5(9)4-6-2-1-3-7-4;;/h2-9H,1H3,(H,19,20);2-6H,11H2,1H3;1-3H,(H,8,9);1H;/i;;;1T;. The van der Waals surface area contributed by atoms with Crippen molar-refractivity contribution in [2.75, 3.05) is 11.1 Å². The van der Waals surface area contributed by atoms with Gasteiger partial charge in [-0.05, 0) is 51.6 Å². The summed E-state index contributed by atoms with van der Waals surface area (Å²) in [7, 11) is 3.75. The van der Waals surface area contributed by atoms with E-state index in [9.17, 15) is 9.59 Å². The van der Waals surface area contributed by atoms with Gasteiger partial charge in [0.05, 0.1) is 22.4 Å². The molecule has 0 unspecified atom stereocenters. The van der Waals surface area contributed by atoms with Crippen LogP contribution in [-0.2, 0) is 0 Å². The van der Waals surface area contributed by atoms with Crippen molar-refractivity contribution < 1.29 is 45.8 Å². The molecule has 2 aromatic carbocycles. The van der Waals surface area contributed by atoms with Crippen molar-refractivity contribution in [1.29, 1.82) is 1.34 Å². The Hall–Kier alpha value is -4.72. The number of nitrogen functional groups attached to an aromatic ring is 1. The number of carbonyl (C=O) groups is 2. The number of benzene rings is 2. The van der Waals surface area contributed by atoms with Gasteiger partial charge >= 0.3 is 5.97 Å². The summed E-state index contributed by atoms with van der Waals surface area (Å²) in [5.74, 6) is -1.48. The van der Waals surface area contributed by atoms with Crippen LogP contribution in [0.1, 0.15) is 32.6 Å². The Bertz CT molecular complexity index is 1820. The Labute approximate surface area is 274 Å². The first-order valence-electron chi connectivity index (χ1n) is 13.0. The number of aryl methyl sites for hydroxylation is 2. The van der Waals surface area contributed by atoms with Crippen LogP contribution in [-0.4, -0.2) is 56.6 Å². The summed E-state index contributed by atoms with van der Waals surface area (Å²) in [5, 5.41) is 13.1. The van der Waals surface area contributed by atoms with E-state index < -0.39 is 5.97 Å². The molecule has 0 aliphatic carbocycles. The zero-order valence-corrected chi connectivity index (χ0v) is 27.5. The Kier molecular flexibility index (Phi) is 12.7. The molecular weight excluding hydrogens is 769 g/mol. The second-order valence-corrected chi connectivity index (χ2v) is 8.61. The van der Waals surface area contributed by atoms with E-state index in [1.54, 1.807) is 12.1 Å². The Morgan fingerprint density at radius 1 is 0.721 bits per heavy atom. The van der Waals surface area contributed by atoms with Crippen molar-refractivity contribution in [3.63, 3.8) is 0 Å². The van der Waals surface area contributed by atoms with Gasteiger partial charge in [-0.25, -0.2) is 24.7 Å². The minimum absolute atomic E-state index is 0. The summed E-state index contributed by atoms with van der Waals surface area (Å²) in [6.45, 7) is 3.88. The molecule has 4 heterocycles. The number of carboxylic acid groups (broad SMARTS) is 1. The Morgan fingerprint density at radius 2 is 1.21 bits per heavy atom. The quantitative estimate of drug-likeness (QED) is 0.174. The first-order chi connectivity index (χ1) is 20.8. The number of hydrogen-bond acceptors (Lipinski definition) is 9. The predicted molar refractivity (Wildman–Crippen MR) is 163 cm³/mol. The molecule has 0 spiro atoms. The zero-order chi connectivity index (χ0) is 31.2. The van der Waals surface area contributed by atoms with Crippen molar-refractivity contribution in [3.05, 3.63) is 121 Å². The minimum atomic E-state index is -1.10. The van der Waals surface area contributed by atoms with Crippen molar-refractivity contribution in [2.24, 2.45) is 0 Å². The summed E-state index contributed by atoms with van der Waals surface area (Å²) >= 11 is 0. The number of amides is 1. The van der Waals surface area contributed by atoms with E-state index in [1.165, 1.54) is 24.8 Å². The van der Waals surface area contributed by atoms with Crippen LogP contribution in [0.15, 0.2) is 97.6 Å². The topological polar surface area (TPSA) is 170 Å². The molecule has 0 aliphatic heterocycles. The maximum Gasteiger partial charge on any atom is 0.373 e. The first-order valence-corrected chi connectivity index (χ1v) is 12.4. The number of carbonyl (C=O) groups excluding carboxylic acids is 1. The number of fused-ring (bicyclic) bond motifs is 2. The molecule has 6 aromatic rings. The summed E-state index contributed by atoms with van der Waals surface area (Å²) < 4.78 is 5.25. The number of aromatic nitrogens is 6. The van der Waals surface area contributed by atoms with Crippen LogP contribution in [0.5, 0.6) is 0 Å². The molecule has 4 N–H and O–H groups in total. The van der Waals surface area contributed by atoms with Crippen molar-refractivity contribution >= 4 is 53.4 Å². The van der Waals surface area contributed by atoms with Crippen LogP contribution in [0.4, 0.5) is 11.4 Å². The minimum Gasteiger partial charge on any atom is -0.475 e. The summed E-state index contributed by atoms with van der Waals surface area (Å²) in [6.07, 6.45) is 5.84. The maximum atomic E-state index is 12.1. The van der Waals surface area contributed by atoms with Gasteiger partial charge in [0.25, 0.3) is 5.91 Å². The maximum absolute atomic E-state index is 12.1. The third kappa shape index (κ3) is 9.67. The van der Waals surface area contributed by atoms with Gasteiger partial charge in [-0.15, -0.1) is 0 Å². The molecule has 4 aromatic heterocycles. The van der Waals surface area contributed by atoms with Crippen LogP contribution < -0.4 is 11.1 Å². The second-order valence-electron chi connectivity index (χ2n) is 8.61. The van der Waals surface area contributed by atoms with E-state index in [0.29, 0.717) is 5.69 Å². The number of nitrogens with two attached hydrogens (primary N) is 1. The van der Waals surface area contributed by atoms with Gasteiger partial charge in [-0.1, -0.05) is 36.4 Å². The molecule has 6 rings (SSSR count). The van der Waals surface area contributed by atoms with Crippen molar-refractivity contribution in [1.82, 2.24) is 29.9 Å². The molecule has 2 radical (unpaired) electrons. The summed E-state index contributed by atoms with van der Waals surface area (Å²) in [6, 6.07) is 22.6. The van der Waals surface area contributed by atoms with Gasteiger partial charge in [-0.3, -0.25) is 14.8 Å². The average Bonchev–Trinajstić information content (AvgIpc) is 3.04. The van der Waals surface area contributed by atoms with Crippen LogP contribution >= 0.6 is 0 Å². The van der Waals surface area contributed by atoms with Crippen LogP contribution in [0.2, 0.25) is 0 Å². The zero-order valence-electron chi connectivity index (χ0n) is 24.3. The fraction of sp³-hybridized carbons (Fsp3) is 0.0667. The monoisotopic (exact) mass is 798 g/mol. The Morgan fingerprint density at radius 3 is 1.74 bits per heavy atom. The van der Waals surface area contributed by atoms with E-state index in [4.69, 9.17) is 12.2 Å². The molecular formula is C30H27BN8O3U. The van der Waals surface area contributed by atoms with Crippen LogP contribution in [0, 0.1) is 45.0 Å². The van der Waals surface area contributed by atoms with E-state index in [1.807, 2.05) is 74.5 Å². The van der Waals surface area contributed by atoms with Crippen molar-refractivity contribution in [3.8, 4) is 0 Å². The molecule has 0 saturated carbocycles. The molecule has 0 bridgehead atoms. The van der Waals surface area contributed by atoms with Crippen LogP contribution in [0.3, 0.4) is 0 Å². The smallest absolute Gasteiger partial charge is 0.373 e. The molecule has 43 heavy (non-hydrogen) atoms. The molecule has 0 aliphatic rings. The average molecular weight is 798 g/mol. The number of rotatable bonds is 3. The number of aromatic carboxylic acids is 1. The van der Waals surface area contributed by atoms with Gasteiger partial charge in [-0.2, -0.15) is 0 Å². The SMILES string of the molecule is Cc1ccc2cccc(N)c2n1.Cc1ccc2cccc(NC(=O)c3ncccn3)c2n1.O=C(O)c1ncccn1.[3H][B].[U]. The number of nitrogens with zero attached hydrogens (tertiary/aromatic N) is 6. The predicted octanol–water partition coefficient (Wildman–Crippen LogP) is 4.24. The first kappa shape index (κ1) is 32.8. The number of carboxylic acids is 1. The normalized spacial score (nSPS) is 9.77. The number of pyridine rings is 2. The Balaban J connectivity index is 0.000000241. The molecule has 0 fully saturated rings. The number of hydrogen-bond donors (Lipinski definition) is 3. The summed E-state index contributed by atoms with van der Waals surface area (Å²) in [5.41, 5.74) is 10.7. The molecule has 0 atom stereocenters. The summed E-state index contributed by atoms with van der Waals surface area (Å²) in [4.78, 5) is 45.8. The fourth-order valence-corrected chi connectivity index (χ4v) is 3.62.